The normalized spacial score (nSPS) is 28.7. The number of carbonyl (C=O) groups excluding carboxylic acids is 1. The van der Waals surface area contributed by atoms with E-state index in [1.807, 2.05) is 12.1 Å². The van der Waals surface area contributed by atoms with Crippen molar-refractivity contribution in [1.82, 2.24) is 4.90 Å². The molecule has 2 aromatic rings. The molecule has 1 heterocycles. The number of methoxy groups -OCH3 is 1. The van der Waals surface area contributed by atoms with Crippen LogP contribution in [0.2, 0.25) is 0 Å². The summed E-state index contributed by atoms with van der Waals surface area (Å²) in [5.74, 6) is 0.144. The number of ketones is 1. The summed E-state index contributed by atoms with van der Waals surface area (Å²) >= 11 is 1.79. The topological polar surface area (TPSA) is 70.0 Å². The zero-order chi connectivity index (χ0) is 24.4. The lowest BCUT2D eigenvalue weighted by molar-refractivity contribution is -0.122. The third-order valence-electron chi connectivity index (χ3n) is 8.01. The molecule has 0 saturated carbocycles. The summed E-state index contributed by atoms with van der Waals surface area (Å²) < 4.78 is 5.46. The lowest BCUT2D eigenvalue weighted by Crippen LogP contribution is -2.61. The predicted molar refractivity (Wildman–Crippen MR) is 134 cm³/mol. The molecule has 0 spiro atoms. The summed E-state index contributed by atoms with van der Waals surface area (Å²) in [5.41, 5.74) is 2.58. The average molecular weight is 480 g/mol. The third kappa shape index (κ3) is 3.45. The molecule has 5 rings (SSSR count). The van der Waals surface area contributed by atoms with Crippen LogP contribution in [0.3, 0.4) is 0 Å². The van der Waals surface area contributed by atoms with E-state index in [1.54, 1.807) is 24.9 Å². The molecule has 3 aliphatic rings. The predicted octanol–water partition coefficient (Wildman–Crippen LogP) is 5.30. The smallest absolute Gasteiger partial charge is 0.197 e. The summed E-state index contributed by atoms with van der Waals surface area (Å²) in [4.78, 5) is 16.5. The van der Waals surface area contributed by atoms with Crippen molar-refractivity contribution in [3.63, 3.8) is 0 Å². The minimum absolute atomic E-state index is 0.00884. The Morgan fingerprint density at radius 1 is 1.12 bits per heavy atom. The molecule has 2 N–H and O–H groups in total. The van der Waals surface area contributed by atoms with Crippen LogP contribution in [0.4, 0.5) is 0 Å². The van der Waals surface area contributed by atoms with Crippen molar-refractivity contribution in [2.45, 2.75) is 60.6 Å². The number of nitrogens with zero attached hydrogens (tertiary/aromatic N) is 1. The van der Waals surface area contributed by atoms with Crippen LogP contribution in [0.15, 0.2) is 53.1 Å². The first-order valence-corrected chi connectivity index (χ1v) is 12.8. The number of phenols is 2. The second-order valence-corrected chi connectivity index (χ2v) is 12.2. The fourth-order valence-electron chi connectivity index (χ4n) is 6.22. The van der Waals surface area contributed by atoms with Gasteiger partial charge in [-0.2, -0.15) is 0 Å². The fraction of sp³-hybridized carbons (Fsp3) is 0.464. The second kappa shape index (κ2) is 8.06. The lowest BCUT2D eigenvalue weighted by atomic mass is 9.53. The standard InChI is InChI=1S/C28H33NO4S/c1-27(2,3)16-6-8-17(9-7-16)34-26-18-10-11-20(30)25(32)23(18)28-12-13-29(4)24(26)19(28)14-22(33-5)21(31)15-28/h6-11,14,19,24,26,30,32H,12-13,15H2,1-5H3. The lowest BCUT2D eigenvalue weighted by Gasteiger charge is -2.58. The molecule has 1 fully saturated rings. The van der Waals surface area contributed by atoms with Crippen molar-refractivity contribution in [3.8, 4) is 11.5 Å². The number of ether oxygens (including phenoxy) is 1. The summed E-state index contributed by atoms with van der Waals surface area (Å²) in [5, 5.41) is 21.6. The van der Waals surface area contributed by atoms with Gasteiger partial charge in [-0.1, -0.05) is 39.0 Å². The van der Waals surface area contributed by atoms with Crippen LogP contribution in [0.1, 0.15) is 55.6 Å². The van der Waals surface area contributed by atoms with E-state index in [-0.39, 0.29) is 46.3 Å². The molecule has 2 bridgehead atoms. The highest BCUT2D eigenvalue weighted by Gasteiger charge is 2.59. The molecule has 180 valence electrons. The molecule has 2 aliphatic carbocycles. The monoisotopic (exact) mass is 479 g/mol. The molecule has 1 saturated heterocycles. The van der Waals surface area contributed by atoms with Crippen molar-refractivity contribution in [3.05, 3.63) is 64.9 Å². The Hall–Kier alpha value is -2.44. The highest BCUT2D eigenvalue weighted by atomic mass is 32.2. The van der Waals surface area contributed by atoms with E-state index in [2.05, 4.69) is 57.0 Å². The quantitative estimate of drug-likeness (QED) is 0.582. The van der Waals surface area contributed by atoms with Gasteiger partial charge in [0, 0.05) is 34.3 Å². The van der Waals surface area contributed by atoms with Crippen molar-refractivity contribution < 1.29 is 19.7 Å². The number of likely N-dealkylation sites (tertiary alicyclic amines) is 1. The first-order chi connectivity index (χ1) is 16.1. The van der Waals surface area contributed by atoms with E-state index < -0.39 is 5.41 Å². The van der Waals surface area contributed by atoms with Crippen molar-refractivity contribution in [1.29, 1.82) is 0 Å². The molecule has 2 aromatic carbocycles. The molecule has 4 unspecified atom stereocenters. The van der Waals surface area contributed by atoms with Crippen molar-refractivity contribution >= 4 is 17.5 Å². The van der Waals surface area contributed by atoms with Gasteiger partial charge in [-0.15, -0.1) is 11.8 Å². The van der Waals surface area contributed by atoms with Crippen molar-refractivity contribution in [2.75, 3.05) is 20.7 Å². The number of phenolic OH excluding ortho intramolecular Hbond substituents is 2. The van der Waals surface area contributed by atoms with E-state index in [0.29, 0.717) is 5.76 Å². The number of likely N-dealkylation sites (N-methyl/N-ethyl adjacent to an activating group) is 1. The van der Waals surface area contributed by atoms with Gasteiger partial charge in [-0.25, -0.2) is 0 Å². The summed E-state index contributed by atoms with van der Waals surface area (Å²) in [6.07, 6.45) is 3.00. The van der Waals surface area contributed by atoms with Crippen molar-refractivity contribution in [2.24, 2.45) is 5.92 Å². The average Bonchev–Trinajstić information content (AvgIpc) is 2.79. The highest BCUT2D eigenvalue weighted by Crippen LogP contribution is 2.63. The molecule has 5 nitrogen and oxygen atoms in total. The maximum absolute atomic E-state index is 13.0. The SMILES string of the molecule is COC1=CC2C3C(Sc4ccc(C(C)(C)C)cc4)c4ccc(O)c(O)c4C2(CCN3C)CC1=O. The van der Waals surface area contributed by atoms with Gasteiger partial charge in [0.2, 0.25) is 0 Å². The number of thioether (sulfide) groups is 1. The number of aromatic hydroxyl groups is 2. The maximum atomic E-state index is 13.0. The molecule has 6 heteroatoms. The van der Waals surface area contributed by atoms with Crippen LogP contribution in [-0.2, 0) is 20.4 Å². The molecule has 4 atom stereocenters. The van der Waals surface area contributed by atoms with Crippen LogP contribution in [0, 0.1) is 5.92 Å². The minimum Gasteiger partial charge on any atom is -0.504 e. The Labute approximate surface area is 205 Å². The Kier molecular flexibility index (Phi) is 5.53. The van der Waals surface area contributed by atoms with Gasteiger partial charge < -0.3 is 19.8 Å². The van der Waals surface area contributed by atoms with Gasteiger partial charge in [-0.05, 0) is 60.8 Å². The van der Waals surface area contributed by atoms with Gasteiger partial charge >= 0.3 is 0 Å². The maximum Gasteiger partial charge on any atom is 0.197 e. The minimum atomic E-state index is -0.540. The molecule has 0 amide bonds. The van der Waals surface area contributed by atoms with Gasteiger partial charge in [0.05, 0.1) is 12.4 Å². The number of Topliss-reactive ketones (excluding diaryl/α,β-unsaturated/α-hetero) is 1. The molecular weight excluding hydrogens is 446 g/mol. The van der Waals surface area contributed by atoms with E-state index in [1.165, 1.54) is 5.56 Å². The Morgan fingerprint density at radius 3 is 2.47 bits per heavy atom. The number of allylic oxidation sites excluding steroid dienone is 1. The van der Waals surface area contributed by atoms with Crippen LogP contribution in [0.25, 0.3) is 0 Å². The zero-order valence-corrected chi connectivity index (χ0v) is 21.3. The van der Waals surface area contributed by atoms with Gasteiger partial charge in [-0.3, -0.25) is 4.79 Å². The molecular formula is C28H33NO4S. The largest absolute Gasteiger partial charge is 0.504 e. The van der Waals surface area contributed by atoms with Gasteiger partial charge in [0.15, 0.2) is 23.0 Å². The second-order valence-electron chi connectivity index (χ2n) is 10.9. The fourth-order valence-corrected chi connectivity index (χ4v) is 7.65. The first kappa shape index (κ1) is 23.3. The highest BCUT2D eigenvalue weighted by molar-refractivity contribution is 7.99. The van der Waals surface area contributed by atoms with E-state index in [0.717, 1.165) is 29.0 Å². The molecule has 0 aromatic heterocycles. The van der Waals surface area contributed by atoms with E-state index in [9.17, 15) is 15.0 Å². The van der Waals surface area contributed by atoms with Crippen LogP contribution in [0.5, 0.6) is 11.5 Å². The Bertz CT molecular complexity index is 1170. The molecule has 0 radical (unpaired) electrons. The summed E-state index contributed by atoms with van der Waals surface area (Å²) in [7, 11) is 3.69. The third-order valence-corrected chi connectivity index (χ3v) is 9.35. The van der Waals surface area contributed by atoms with Crippen LogP contribution >= 0.6 is 11.8 Å². The molecule has 1 aliphatic heterocycles. The van der Waals surface area contributed by atoms with Gasteiger partial charge in [0.25, 0.3) is 0 Å². The number of carbonyl (C=O) groups is 1. The van der Waals surface area contributed by atoms with Gasteiger partial charge in [0.1, 0.15) is 0 Å². The summed E-state index contributed by atoms with van der Waals surface area (Å²) in [6.45, 7) is 7.45. The Balaban J connectivity index is 1.67. The molecule has 34 heavy (non-hydrogen) atoms. The number of hydrogen-bond acceptors (Lipinski definition) is 6. The van der Waals surface area contributed by atoms with Crippen LogP contribution in [-0.4, -0.2) is 47.6 Å². The number of piperidine rings is 1. The number of hydrogen-bond donors (Lipinski definition) is 2. The first-order valence-electron chi connectivity index (χ1n) is 11.9. The number of rotatable bonds is 3. The number of fused-ring (bicyclic) bond motifs is 1. The van der Waals surface area contributed by atoms with E-state index in [4.69, 9.17) is 4.74 Å². The van der Waals surface area contributed by atoms with E-state index >= 15 is 0 Å². The zero-order valence-electron chi connectivity index (χ0n) is 20.5. The van der Waals surface area contributed by atoms with Crippen LogP contribution < -0.4 is 0 Å². The Morgan fingerprint density at radius 2 is 1.82 bits per heavy atom. The number of benzene rings is 2. The summed E-state index contributed by atoms with van der Waals surface area (Å²) in [6, 6.07) is 12.4.